The van der Waals surface area contributed by atoms with Crippen molar-refractivity contribution in [3.05, 3.63) is 62.8 Å². The number of carbonyl (C=O) groups is 1. The van der Waals surface area contributed by atoms with Crippen molar-refractivity contribution in [2.45, 2.75) is 18.6 Å². The van der Waals surface area contributed by atoms with Gasteiger partial charge in [0, 0.05) is 19.0 Å². The Morgan fingerprint density at radius 1 is 1.03 bits per heavy atom. The third-order valence-electron chi connectivity index (χ3n) is 4.75. The van der Waals surface area contributed by atoms with Crippen molar-refractivity contribution in [3.8, 4) is 0 Å². The molecule has 5 nitrogen and oxygen atoms in total. The molecule has 156 valence electrons. The van der Waals surface area contributed by atoms with Gasteiger partial charge in [0.2, 0.25) is 15.9 Å². The Morgan fingerprint density at radius 2 is 1.62 bits per heavy atom. The molecule has 0 saturated carbocycles. The average Bonchev–Trinajstić information content (AvgIpc) is 2.68. The van der Waals surface area contributed by atoms with Crippen LogP contribution in [-0.4, -0.2) is 31.7 Å². The summed E-state index contributed by atoms with van der Waals surface area (Å²) in [5.74, 6) is -1.22. The van der Waals surface area contributed by atoms with Gasteiger partial charge in [-0.1, -0.05) is 46.9 Å². The smallest absolute Gasteiger partial charge is 0.227 e. The van der Waals surface area contributed by atoms with E-state index < -0.39 is 15.8 Å². The maximum absolute atomic E-state index is 13.0. The molecule has 1 aliphatic heterocycles. The molecule has 0 aliphatic carbocycles. The molecule has 2 aromatic carbocycles. The average molecular weight is 480 g/mol. The van der Waals surface area contributed by atoms with Gasteiger partial charge >= 0.3 is 0 Å². The largest absolute Gasteiger partial charge is 0.324 e. The summed E-state index contributed by atoms with van der Waals surface area (Å²) in [5.41, 5.74) is 0.873. The molecule has 1 N–H and O–H groups in total. The van der Waals surface area contributed by atoms with E-state index in [1.807, 2.05) is 0 Å². The molecular weight excluding hydrogens is 462 g/mol. The maximum atomic E-state index is 13.0. The van der Waals surface area contributed by atoms with Crippen LogP contribution in [0.25, 0.3) is 0 Å². The van der Waals surface area contributed by atoms with Crippen molar-refractivity contribution in [3.63, 3.8) is 0 Å². The molecule has 0 bridgehead atoms. The Hall–Kier alpha value is -1.38. The van der Waals surface area contributed by atoms with Crippen LogP contribution in [0.4, 0.5) is 10.1 Å². The van der Waals surface area contributed by atoms with E-state index in [9.17, 15) is 17.6 Å². The first-order valence-corrected chi connectivity index (χ1v) is 11.6. The zero-order valence-electron chi connectivity index (χ0n) is 15.2. The topological polar surface area (TPSA) is 66.5 Å². The minimum Gasteiger partial charge on any atom is -0.324 e. The highest BCUT2D eigenvalue weighted by Gasteiger charge is 2.31. The quantitative estimate of drug-likeness (QED) is 0.616. The fourth-order valence-electron chi connectivity index (χ4n) is 3.13. The van der Waals surface area contributed by atoms with Crippen molar-refractivity contribution < 1.29 is 17.6 Å². The SMILES string of the molecule is O=C(Nc1cc(Cl)c(Cl)cc1Cl)C1CCN(S(=O)(=O)Cc2ccc(F)cc2)CC1. The number of nitrogens with zero attached hydrogens (tertiary/aromatic N) is 1. The van der Waals surface area contributed by atoms with Gasteiger partial charge in [-0.2, -0.15) is 0 Å². The zero-order chi connectivity index (χ0) is 21.2. The predicted molar refractivity (Wildman–Crippen MR) is 113 cm³/mol. The Morgan fingerprint density at radius 3 is 2.24 bits per heavy atom. The molecule has 1 fully saturated rings. The lowest BCUT2D eigenvalue weighted by Crippen LogP contribution is -2.41. The lowest BCUT2D eigenvalue weighted by molar-refractivity contribution is -0.120. The van der Waals surface area contributed by atoms with E-state index in [-0.39, 0.29) is 45.7 Å². The van der Waals surface area contributed by atoms with E-state index in [4.69, 9.17) is 34.8 Å². The van der Waals surface area contributed by atoms with E-state index in [0.717, 1.165) is 0 Å². The second kappa shape index (κ2) is 9.18. The standard InChI is InChI=1S/C19H18Cl3FN2O3S/c20-15-9-17(22)18(10-16(15)21)24-19(26)13-5-7-25(8-6-13)29(27,28)11-12-1-3-14(23)4-2-12/h1-4,9-10,13H,5-8,11H2,(H,24,26). The van der Waals surface area contributed by atoms with E-state index in [1.165, 1.54) is 40.7 Å². The number of nitrogens with one attached hydrogen (secondary N) is 1. The summed E-state index contributed by atoms with van der Waals surface area (Å²) < 4.78 is 39.6. The molecular formula is C19H18Cl3FN2O3S. The van der Waals surface area contributed by atoms with Crippen LogP contribution in [-0.2, 0) is 20.6 Å². The van der Waals surface area contributed by atoms with Crippen molar-refractivity contribution in [1.82, 2.24) is 4.31 Å². The number of anilines is 1. The number of sulfonamides is 1. The number of rotatable bonds is 5. The summed E-state index contributed by atoms with van der Waals surface area (Å²) in [6, 6.07) is 8.30. The number of carbonyl (C=O) groups excluding carboxylic acids is 1. The number of piperidine rings is 1. The zero-order valence-corrected chi connectivity index (χ0v) is 18.3. The second-order valence-corrected chi connectivity index (χ2v) is 9.98. The summed E-state index contributed by atoms with van der Waals surface area (Å²) in [5, 5.41) is 3.56. The number of benzene rings is 2. The first-order chi connectivity index (χ1) is 13.7. The second-order valence-electron chi connectivity index (χ2n) is 6.79. The molecule has 29 heavy (non-hydrogen) atoms. The van der Waals surface area contributed by atoms with Crippen LogP contribution in [0.1, 0.15) is 18.4 Å². The van der Waals surface area contributed by atoms with Gasteiger partial charge in [-0.15, -0.1) is 0 Å². The molecule has 0 aromatic heterocycles. The first kappa shape index (κ1) is 22.3. The fraction of sp³-hybridized carbons (Fsp3) is 0.316. The minimum atomic E-state index is -3.55. The van der Waals surface area contributed by atoms with Gasteiger partial charge in [0.15, 0.2) is 0 Å². The van der Waals surface area contributed by atoms with Gasteiger partial charge in [-0.3, -0.25) is 4.79 Å². The molecule has 0 unspecified atom stereocenters. The Kier molecular flexibility index (Phi) is 7.06. The number of amides is 1. The molecule has 1 heterocycles. The van der Waals surface area contributed by atoms with Crippen LogP contribution in [0, 0.1) is 11.7 Å². The summed E-state index contributed by atoms with van der Waals surface area (Å²) in [4.78, 5) is 12.5. The maximum Gasteiger partial charge on any atom is 0.227 e. The van der Waals surface area contributed by atoms with Gasteiger partial charge in [0.25, 0.3) is 0 Å². The normalized spacial score (nSPS) is 16.0. The summed E-state index contributed by atoms with van der Waals surface area (Å²) in [7, 11) is -3.55. The number of hydrogen-bond donors (Lipinski definition) is 1. The molecule has 1 amide bonds. The van der Waals surface area contributed by atoms with Crippen molar-refractivity contribution in [2.24, 2.45) is 5.92 Å². The molecule has 0 atom stereocenters. The van der Waals surface area contributed by atoms with Crippen molar-refractivity contribution in [2.75, 3.05) is 18.4 Å². The van der Waals surface area contributed by atoms with Crippen LogP contribution < -0.4 is 5.32 Å². The van der Waals surface area contributed by atoms with Crippen LogP contribution in [0.2, 0.25) is 15.1 Å². The molecule has 2 aromatic rings. The van der Waals surface area contributed by atoms with Crippen LogP contribution >= 0.6 is 34.8 Å². The summed E-state index contributed by atoms with van der Waals surface area (Å²) in [6.07, 6.45) is 0.765. The number of halogens is 4. The van der Waals surface area contributed by atoms with Gasteiger partial charge in [0.05, 0.1) is 26.5 Å². The monoisotopic (exact) mass is 478 g/mol. The summed E-state index contributed by atoms with van der Waals surface area (Å²) >= 11 is 17.9. The van der Waals surface area contributed by atoms with Gasteiger partial charge < -0.3 is 5.32 Å². The Bertz CT molecular complexity index is 1010. The van der Waals surface area contributed by atoms with Crippen LogP contribution in [0.5, 0.6) is 0 Å². The number of hydrogen-bond acceptors (Lipinski definition) is 3. The lowest BCUT2D eigenvalue weighted by Gasteiger charge is -2.30. The first-order valence-electron chi connectivity index (χ1n) is 8.83. The highest BCUT2D eigenvalue weighted by atomic mass is 35.5. The molecule has 0 spiro atoms. The molecule has 3 rings (SSSR count). The molecule has 10 heteroatoms. The Balaban J connectivity index is 1.59. The van der Waals surface area contributed by atoms with E-state index in [0.29, 0.717) is 24.1 Å². The van der Waals surface area contributed by atoms with Crippen LogP contribution in [0.15, 0.2) is 36.4 Å². The molecule has 1 aliphatic rings. The van der Waals surface area contributed by atoms with E-state index in [2.05, 4.69) is 5.32 Å². The lowest BCUT2D eigenvalue weighted by atomic mass is 9.97. The highest BCUT2D eigenvalue weighted by Crippen LogP contribution is 2.33. The van der Waals surface area contributed by atoms with E-state index >= 15 is 0 Å². The third-order valence-corrected chi connectivity index (χ3v) is 7.63. The molecule has 1 saturated heterocycles. The fourth-order valence-corrected chi connectivity index (χ4v) is 5.29. The predicted octanol–water partition coefficient (Wildman–Crippen LogP) is 4.97. The Labute approximate surface area is 183 Å². The van der Waals surface area contributed by atoms with Crippen molar-refractivity contribution >= 4 is 56.4 Å². The van der Waals surface area contributed by atoms with E-state index in [1.54, 1.807) is 0 Å². The van der Waals surface area contributed by atoms with Gasteiger partial charge in [-0.25, -0.2) is 17.1 Å². The molecule has 0 radical (unpaired) electrons. The minimum absolute atomic E-state index is 0.205. The summed E-state index contributed by atoms with van der Waals surface area (Å²) in [6.45, 7) is 0.466. The third kappa shape index (κ3) is 5.61. The van der Waals surface area contributed by atoms with Gasteiger partial charge in [-0.05, 0) is 42.7 Å². The van der Waals surface area contributed by atoms with Gasteiger partial charge in [0.1, 0.15) is 5.82 Å². The highest BCUT2D eigenvalue weighted by molar-refractivity contribution is 7.88. The van der Waals surface area contributed by atoms with Crippen molar-refractivity contribution in [1.29, 1.82) is 0 Å². The van der Waals surface area contributed by atoms with Crippen LogP contribution in [0.3, 0.4) is 0 Å².